The van der Waals surface area contributed by atoms with Gasteiger partial charge in [0.1, 0.15) is 6.04 Å². The van der Waals surface area contributed by atoms with Crippen LogP contribution in [0.5, 0.6) is 0 Å². The largest absolute Gasteiger partial charge is 0.480 e. The SMILES string of the molecule is CCC1CCNC(C(=O)N2CCCCCC2C(=O)O)C1. The van der Waals surface area contributed by atoms with E-state index in [2.05, 4.69) is 12.2 Å². The Morgan fingerprint density at radius 2 is 2.05 bits per heavy atom. The Morgan fingerprint density at radius 3 is 2.75 bits per heavy atom. The van der Waals surface area contributed by atoms with Crippen molar-refractivity contribution in [1.29, 1.82) is 0 Å². The Bertz CT molecular complexity index is 359. The third kappa shape index (κ3) is 3.51. The Balaban J connectivity index is 2.06. The number of carbonyl (C=O) groups is 2. The van der Waals surface area contributed by atoms with Crippen molar-refractivity contribution in [2.75, 3.05) is 13.1 Å². The molecule has 0 spiro atoms. The van der Waals surface area contributed by atoms with Gasteiger partial charge in [0.25, 0.3) is 0 Å². The van der Waals surface area contributed by atoms with E-state index < -0.39 is 12.0 Å². The van der Waals surface area contributed by atoms with E-state index >= 15 is 0 Å². The first-order valence-corrected chi connectivity index (χ1v) is 7.90. The highest BCUT2D eigenvalue weighted by Gasteiger charge is 2.36. The number of aliphatic carboxylic acids is 1. The number of likely N-dealkylation sites (tertiary alicyclic amines) is 1. The van der Waals surface area contributed by atoms with E-state index in [9.17, 15) is 14.7 Å². The lowest BCUT2D eigenvalue weighted by atomic mass is 9.89. The zero-order chi connectivity index (χ0) is 14.5. The number of hydrogen-bond donors (Lipinski definition) is 2. The number of carboxylic acids is 1. The van der Waals surface area contributed by atoms with Gasteiger partial charge in [-0.1, -0.05) is 26.2 Å². The number of carbonyl (C=O) groups excluding carboxylic acids is 1. The number of hydrogen-bond acceptors (Lipinski definition) is 3. The maximum Gasteiger partial charge on any atom is 0.326 e. The van der Waals surface area contributed by atoms with Crippen molar-refractivity contribution in [2.45, 2.75) is 64.0 Å². The zero-order valence-corrected chi connectivity index (χ0v) is 12.3. The van der Waals surface area contributed by atoms with Crippen molar-refractivity contribution in [3.05, 3.63) is 0 Å². The summed E-state index contributed by atoms with van der Waals surface area (Å²) >= 11 is 0. The molecule has 0 aliphatic carbocycles. The second-order valence-corrected chi connectivity index (χ2v) is 6.04. The number of nitrogens with one attached hydrogen (secondary N) is 1. The van der Waals surface area contributed by atoms with Gasteiger partial charge in [0, 0.05) is 6.54 Å². The Labute approximate surface area is 120 Å². The fourth-order valence-electron chi connectivity index (χ4n) is 3.38. The quantitative estimate of drug-likeness (QED) is 0.825. The van der Waals surface area contributed by atoms with Gasteiger partial charge in [-0.15, -0.1) is 0 Å². The molecule has 2 aliphatic heterocycles. The van der Waals surface area contributed by atoms with Gasteiger partial charge in [0.2, 0.25) is 5.91 Å². The highest BCUT2D eigenvalue weighted by molar-refractivity contribution is 5.87. The predicted molar refractivity (Wildman–Crippen MR) is 76.4 cm³/mol. The molecule has 114 valence electrons. The Hall–Kier alpha value is -1.10. The summed E-state index contributed by atoms with van der Waals surface area (Å²) in [7, 11) is 0. The normalized spacial score (nSPS) is 31.6. The van der Waals surface area contributed by atoms with Crippen molar-refractivity contribution in [3.8, 4) is 0 Å². The van der Waals surface area contributed by atoms with Gasteiger partial charge in [-0.2, -0.15) is 0 Å². The van der Waals surface area contributed by atoms with E-state index in [-0.39, 0.29) is 11.9 Å². The molecule has 2 N–H and O–H groups in total. The molecule has 5 heteroatoms. The molecule has 2 heterocycles. The average Bonchev–Trinajstić information content (AvgIpc) is 2.72. The average molecular weight is 282 g/mol. The number of piperidine rings is 1. The van der Waals surface area contributed by atoms with Gasteiger partial charge < -0.3 is 15.3 Å². The Kier molecular flexibility index (Phi) is 5.40. The van der Waals surface area contributed by atoms with Gasteiger partial charge in [-0.25, -0.2) is 4.79 Å². The summed E-state index contributed by atoms with van der Waals surface area (Å²) in [4.78, 5) is 25.7. The van der Waals surface area contributed by atoms with Crippen LogP contribution in [0.25, 0.3) is 0 Å². The van der Waals surface area contributed by atoms with Crippen LogP contribution >= 0.6 is 0 Å². The number of amides is 1. The summed E-state index contributed by atoms with van der Waals surface area (Å²) in [6, 6.07) is -0.817. The molecular formula is C15H26N2O3. The summed E-state index contributed by atoms with van der Waals surface area (Å²) < 4.78 is 0. The molecule has 5 nitrogen and oxygen atoms in total. The summed E-state index contributed by atoms with van der Waals surface area (Å²) in [5.74, 6) is -0.277. The number of carboxylic acid groups (broad SMARTS) is 1. The number of rotatable bonds is 3. The van der Waals surface area contributed by atoms with Gasteiger partial charge in [-0.05, 0) is 38.1 Å². The van der Waals surface area contributed by atoms with Crippen molar-refractivity contribution in [1.82, 2.24) is 10.2 Å². The second kappa shape index (κ2) is 7.07. The van der Waals surface area contributed by atoms with Crippen LogP contribution in [0.1, 0.15) is 51.9 Å². The first-order chi connectivity index (χ1) is 9.63. The lowest BCUT2D eigenvalue weighted by Gasteiger charge is -2.35. The minimum atomic E-state index is -0.858. The highest BCUT2D eigenvalue weighted by atomic mass is 16.4. The fourth-order valence-corrected chi connectivity index (χ4v) is 3.38. The topological polar surface area (TPSA) is 69.6 Å². The molecule has 0 bridgehead atoms. The molecule has 0 radical (unpaired) electrons. The van der Waals surface area contributed by atoms with Crippen LogP contribution < -0.4 is 5.32 Å². The van der Waals surface area contributed by atoms with E-state index in [1.165, 1.54) is 0 Å². The lowest BCUT2D eigenvalue weighted by Crippen LogP contribution is -2.54. The minimum Gasteiger partial charge on any atom is -0.480 e. The standard InChI is InChI=1S/C15H26N2O3/c1-2-11-7-8-16-12(10-11)14(18)17-9-5-3-4-6-13(17)15(19)20/h11-13,16H,2-10H2,1H3,(H,19,20). The maximum absolute atomic E-state index is 12.7. The van der Waals surface area contributed by atoms with Crippen LogP contribution in [0, 0.1) is 5.92 Å². The molecule has 3 unspecified atom stereocenters. The van der Waals surface area contributed by atoms with Gasteiger partial charge >= 0.3 is 5.97 Å². The summed E-state index contributed by atoms with van der Waals surface area (Å²) in [5, 5.41) is 12.6. The third-order valence-corrected chi connectivity index (χ3v) is 4.71. The molecule has 0 aromatic carbocycles. The summed E-state index contributed by atoms with van der Waals surface area (Å²) in [6.07, 6.45) is 6.47. The van der Waals surface area contributed by atoms with Gasteiger partial charge in [-0.3, -0.25) is 4.79 Å². The van der Waals surface area contributed by atoms with Crippen molar-refractivity contribution in [2.24, 2.45) is 5.92 Å². The first-order valence-electron chi connectivity index (χ1n) is 7.90. The van der Waals surface area contributed by atoms with E-state index in [1.54, 1.807) is 4.90 Å². The predicted octanol–water partition coefficient (Wildman–Crippen LogP) is 1.62. The first kappa shape index (κ1) is 15.3. The van der Waals surface area contributed by atoms with Crippen LogP contribution in [0.2, 0.25) is 0 Å². The molecule has 0 aromatic rings. The zero-order valence-electron chi connectivity index (χ0n) is 12.3. The van der Waals surface area contributed by atoms with E-state index in [0.29, 0.717) is 18.9 Å². The van der Waals surface area contributed by atoms with E-state index in [1.807, 2.05) is 0 Å². The van der Waals surface area contributed by atoms with Crippen LogP contribution in [0.4, 0.5) is 0 Å². The third-order valence-electron chi connectivity index (χ3n) is 4.71. The molecule has 0 aromatic heterocycles. The van der Waals surface area contributed by atoms with Crippen LogP contribution in [-0.4, -0.2) is 47.1 Å². The maximum atomic E-state index is 12.7. The number of nitrogens with zero attached hydrogens (tertiary/aromatic N) is 1. The fraction of sp³-hybridized carbons (Fsp3) is 0.867. The molecule has 2 saturated heterocycles. The molecule has 2 aliphatic rings. The molecule has 2 fully saturated rings. The van der Waals surface area contributed by atoms with Gasteiger partial charge in [0.15, 0.2) is 0 Å². The highest BCUT2D eigenvalue weighted by Crippen LogP contribution is 2.23. The smallest absolute Gasteiger partial charge is 0.326 e. The van der Waals surface area contributed by atoms with Gasteiger partial charge in [0.05, 0.1) is 6.04 Å². The molecule has 0 saturated carbocycles. The van der Waals surface area contributed by atoms with Crippen molar-refractivity contribution in [3.63, 3.8) is 0 Å². The molecule has 3 atom stereocenters. The minimum absolute atomic E-state index is 0.00236. The Morgan fingerprint density at radius 1 is 1.25 bits per heavy atom. The second-order valence-electron chi connectivity index (χ2n) is 6.04. The summed E-state index contributed by atoms with van der Waals surface area (Å²) in [6.45, 7) is 3.61. The van der Waals surface area contributed by atoms with E-state index in [4.69, 9.17) is 0 Å². The van der Waals surface area contributed by atoms with Crippen LogP contribution in [0.15, 0.2) is 0 Å². The molecular weight excluding hydrogens is 256 g/mol. The lowest BCUT2D eigenvalue weighted by molar-refractivity contribution is -0.151. The van der Waals surface area contributed by atoms with Crippen LogP contribution in [0.3, 0.4) is 0 Å². The van der Waals surface area contributed by atoms with Crippen molar-refractivity contribution >= 4 is 11.9 Å². The van der Waals surface area contributed by atoms with E-state index in [0.717, 1.165) is 45.1 Å². The monoisotopic (exact) mass is 282 g/mol. The molecule has 20 heavy (non-hydrogen) atoms. The van der Waals surface area contributed by atoms with Crippen LogP contribution in [-0.2, 0) is 9.59 Å². The molecule has 1 amide bonds. The molecule has 2 rings (SSSR count). The van der Waals surface area contributed by atoms with Crippen molar-refractivity contribution < 1.29 is 14.7 Å². The summed E-state index contributed by atoms with van der Waals surface area (Å²) in [5.41, 5.74) is 0.